The van der Waals surface area contributed by atoms with Crippen molar-refractivity contribution in [1.82, 2.24) is 9.88 Å². The molecular formula is C14H19BrN2O. The maximum atomic E-state index is 12.2. The molecule has 2 unspecified atom stereocenters. The van der Waals surface area contributed by atoms with Crippen LogP contribution in [0.25, 0.3) is 0 Å². The summed E-state index contributed by atoms with van der Waals surface area (Å²) in [5.74, 6) is 1.13. The van der Waals surface area contributed by atoms with Crippen LogP contribution in [0.2, 0.25) is 0 Å². The average molecular weight is 311 g/mol. The Hall–Kier alpha value is -0.900. The summed E-state index contributed by atoms with van der Waals surface area (Å²) in [6.45, 7) is 5.19. The largest absolute Gasteiger partial charge is 0.335 e. The van der Waals surface area contributed by atoms with Gasteiger partial charge in [-0.3, -0.25) is 9.78 Å². The lowest BCUT2D eigenvalue weighted by molar-refractivity contribution is -0.130. The first-order valence-electron chi connectivity index (χ1n) is 6.38. The summed E-state index contributed by atoms with van der Waals surface area (Å²) in [5.41, 5.74) is 1.18. The molecule has 3 nitrogen and oxygen atoms in total. The fourth-order valence-corrected chi connectivity index (χ4v) is 3.10. The van der Waals surface area contributed by atoms with Gasteiger partial charge >= 0.3 is 0 Å². The predicted molar refractivity (Wildman–Crippen MR) is 75.4 cm³/mol. The van der Waals surface area contributed by atoms with Crippen molar-refractivity contribution in [2.45, 2.75) is 26.3 Å². The minimum atomic E-state index is 0.171. The van der Waals surface area contributed by atoms with Crippen molar-refractivity contribution in [1.29, 1.82) is 0 Å². The third-order valence-corrected chi connectivity index (χ3v) is 4.39. The van der Waals surface area contributed by atoms with E-state index < -0.39 is 0 Å². The molecule has 98 valence electrons. The molecular weight excluding hydrogens is 292 g/mol. The van der Waals surface area contributed by atoms with E-state index in [0.29, 0.717) is 18.3 Å². The molecule has 0 N–H and O–H groups in total. The zero-order chi connectivity index (χ0) is 13.1. The number of hydrogen-bond acceptors (Lipinski definition) is 2. The Morgan fingerprint density at radius 3 is 2.61 bits per heavy atom. The van der Waals surface area contributed by atoms with Gasteiger partial charge in [-0.05, 0) is 29.5 Å². The van der Waals surface area contributed by atoms with Crippen LogP contribution < -0.4 is 0 Å². The van der Waals surface area contributed by atoms with Gasteiger partial charge in [-0.25, -0.2) is 0 Å². The number of likely N-dealkylation sites (tertiary alicyclic amines) is 1. The first-order chi connectivity index (χ1) is 8.63. The highest BCUT2D eigenvalue weighted by Gasteiger charge is 2.35. The maximum Gasteiger partial charge on any atom is 0.223 e. The Morgan fingerprint density at radius 2 is 2.11 bits per heavy atom. The van der Waals surface area contributed by atoms with Gasteiger partial charge in [0.15, 0.2) is 0 Å². The third-order valence-electron chi connectivity index (χ3n) is 3.47. The summed E-state index contributed by atoms with van der Waals surface area (Å²) in [6, 6.07) is 4.20. The first-order valence-corrected chi connectivity index (χ1v) is 7.51. The zero-order valence-corrected chi connectivity index (χ0v) is 12.4. The van der Waals surface area contributed by atoms with Gasteiger partial charge in [0.2, 0.25) is 5.91 Å². The quantitative estimate of drug-likeness (QED) is 0.801. The fourth-order valence-electron chi connectivity index (χ4n) is 2.67. The van der Waals surface area contributed by atoms with Crippen molar-refractivity contribution in [3.05, 3.63) is 30.1 Å². The molecule has 0 saturated carbocycles. The molecule has 1 aliphatic heterocycles. The van der Waals surface area contributed by atoms with E-state index in [2.05, 4.69) is 34.8 Å². The van der Waals surface area contributed by atoms with Gasteiger partial charge in [0.25, 0.3) is 0 Å². The molecule has 1 fully saturated rings. The van der Waals surface area contributed by atoms with E-state index >= 15 is 0 Å². The standard InChI is InChI=1S/C14H19BrN2O/c1-10(2)14(12-3-5-16-6-4-12)17-9-11(8-15)7-13(17)18/h3-6,10-11,14H,7-9H2,1-2H3. The van der Waals surface area contributed by atoms with Gasteiger partial charge in [-0.1, -0.05) is 29.8 Å². The summed E-state index contributed by atoms with van der Waals surface area (Å²) in [5, 5.41) is 0.899. The van der Waals surface area contributed by atoms with Crippen LogP contribution in [0.1, 0.15) is 31.9 Å². The lowest BCUT2D eigenvalue weighted by Gasteiger charge is -2.31. The number of halogens is 1. The molecule has 2 rings (SSSR count). The third kappa shape index (κ3) is 2.74. The maximum absolute atomic E-state index is 12.2. The van der Waals surface area contributed by atoms with Crippen LogP contribution in [0.4, 0.5) is 0 Å². The molecule has 4 heteroatoms. The Labute approximate surface area is 117 Å². The Kier molecular flexibility index (Phi) is 4.38. The Bertz CT molecular complexity index is 408. The van der Waals surface area contributed by atoms with Gasteiger partial charge in [-0.15, -0.1) is 0 Å². The lowest BCUT2D eigenvalue weighted by atomic mass is 9.95. The van der Waals surface area contributed by atoms with Crippen LogP contribution in [0.3, 0.4) is 0 Å². The lowest BCUT2D eigenvalue weighted by Crippen LogP contribution is -2.33. The molecule has 0 aliphatic carbocycles. The molecule has 2 heterocycles. The van der Waals surface area contributed by atoms with Crippen LogP contribution in [-0.4, -0.2) is 27.7 Å². The molecule has 0 spiro atoms. The highest BCUT2D eigenvalue weighted by molar-refractivity contribution is 9.09. The second kappa shape index (κ2) is 5.83. The number of alkyl halides is 1. The number of hydrogen-bond donors (Lipinski definition) is 0. The highest BCUT2D eigenvalue weighted by Crippen LogP contribution is 2.34. The Morgan fingerprint density at radius 1 is 1.44 bits per heavy atom. The number of rotatable bonds is 4. The minimum Gasteiger partial charge on any atom is -0.335 e. The smallest absolute Gasteiger partial charge is 0.223 e. The van der Waals surface area contributed by atoms with E-state index in [1.54, 1.807) is 12.4 Å². The summed E-state index contributed by atoms with van der Waals surface area (Å²) in [7, 11) is 0. The summed E-state index contributed by atoms with van der Waals surface area (Å²) >= 11 is 3.48. The van der Waals surface area contributed by atoms with E-state index in [1.807, 2.05) is 17.0 Å². The average Bonchev–Trinajstić information content (AvgIpc) is 2.72. The van der Waals surface area contributed by atoms with Crippen LogP contribution in [0, 0.1) is 11.8 Å². The van der Waals surface area contributed by atoms with Crippen LogP contribution in [0.15, 0.2) is 24.5 Å². The highest BCUT2D eigenvalue weighted by atomic mass is 79.9. The number of aromatic nitrogens is 1. The number of pyridine rings is 1. The Balaban J connectivity index is 2.24. The van der Waals surface area contributed by atoms with Gasteiger partial charge in [-0.2, -0.15) is 0 Å². The summed E-state index contributed by atoms with van der Waals surface area (Å²) < 4.78 is 0. The molecule has 1 aromatic heterocycles. The number of amides is 1. The van der Waals surface area contributed by atoms with Gasteiger partial charge in [0, 0.05) is 30.7 Å². The van der Waals surface area contributed by atoms with Crippen molar-refractivity contribution in [3.63, 3.8) is 0 Å². The zero-order valence-electron chi connectivity index (χ0n) is 10.8. The second-order valence-corrected chi connectivity index (χ2v) is 5.89. The van der Waals surface area contributed by atoms with E-state index in [9.17, 15) is 4.79 Å². The number of nitrogens with zero attached hydrogens (tertiary/aromatic N) is 2. The molecule has 2 atom stereocenters. The van der Waals surface area contributed by atoms with Crippen molar-refractivity contribution in [2.24, 2.45) is 11.8 Å². The predicted octanol–water partition coefficient (Wildman–Crippen LogP) is 3.02. The number of carbonyl (C=O) groups is 1. The van der Waals surface area contributed by atoms with Crippen LogP contribution in [0.5, 0.6) is 0 Å². The van der Waals surface area contributed by atoms with Crippen LogP contribution >= 0.6 is 15.9 Å². The van der Waals surface area contributed by atoms with E-state index in [4.69, 9.17) is 0 Å². The van der Waals surface area contributed by atoms with Crippen LogP contribution in [-0.2, 0) is 4.79 Å². The molecule has 0 radical (unpaired) electrons. The van der Waals surface area contributed by atoms with E-state index in [1.165, 1.54) is 5.56 Å². The molecule has 1 aromatic rings. The molecule has 1 amide bonds. The van der Waals surface area contributed by atoms with E-state index in [-0.39, 0.29) is 11.9 Å². The number of carbonyl (C=O) groups excluding carboxylic acids is 1. The molecule has 1 aliphatic rings. The van der Waals surface area contributed by atoms with Crippen molar-refractivity contribution < 1.29 is 4.79 Å². The van der Waals surface area contributed by atoms with Gasteiger partial charge in [0.05, 0.1) is 6.04 Å². The SMILES string of the molecule is CC(C)C(c1ccncc1)N1CC(CBr)CC1=O. The van der Waals surface area contributed by atoms with Gasteiger partial charge in [0.1, 0.15) is 0 Å². The normalized spacial score (nSPS) is 21.7. The van der Waals surface area contributed by atoms with Crippen molar-refractivity contribution in [2.75, 3.05) is 11.9 Å². The molecule has 0 aromatic carbocycles. The monoisotopic (exact) mass is 310 g/mol. The summed E-state index contributed by atoms with van der Waals surface area (Å²) in [6.07, 6.45) is 4.26. The summed E-state index contributed by atoms with van der Waals surface area (Å²) in [4.78, 5) is 18.2. The first kappa shape index (κ1) is 13.5. The molecule has 0 bridgehead atoms. The van der Waals surface area contributed by atoms with Crippen molar-refractivity contribution in [3.8, 4) is 0 Å². The van der Waals surface area contributed by atoms with Gasteiger partial charge < -0.3 is 4.90 Å². The molecule has 1 saturated heterocycles. The topological polar surface area (TPSA) is 33.2 Å². The molecule has 18 heavy (non-hydrogen) atoms. The van der Waals surface area contributed by atoms with E-state index in [0.717, 1.165) is 11.9 Å². The fraction of sp³-hybridized carbons (Fsp3) is 0.571. The minimum absolute atomic E-state index is 0.171. The second-order valence-electron chi connectivity index (χ2n) is 5.24. The van der Waals surface area contributed by atoms with Crippen molar-refractivity contribution >= 4 is 21.8 Å².